The van der Waals surface area contributed by atoms with Gasteiger partial charge in [-0.05, 0) is 6.42 Å². The zero-order chi connectivity index (χ0) is 9.28. The van der Waals surface area contributed by atoms with E-state index in [1.165, 1.54) is 0 Å². The Balaban J connectivity index is -0.000000167. The number of halogens is 6. The summed E-state index contributed by atoms with van der Waals surface area (Å²) < 4.78 is 69.4. The third-order valence-electron chi connectivity index (χ3n) is 1.13. The molecule has 0 amide bonds. The first-order valence-electron chi connectivity index (χ1n) is 2.82. The van der Waals surface area contributed by atoms with Crippen LogP contribution in [-0.4, -0.2) is 67.2 Å². The summed E-state index contributed by atoms with van der Waals surface area (Å²) in [6.07, 6.45) is -9.79. The molecule has 7 heteroatoms. The van der Waals surface area contributed by atoms with Crippen LogP contribution in [0, 0.1) is 0 Å². The summed E-state index contributed by atoms with van der Waals surface area (Å²) in [5, 5.41) is 0. The van der Waals surface area contributed by atoms with Crippen molar-refractivity contribution in [2.45, 2.75) is 31.6 Å². The minimum atomic E-state index is -5.79. The molecule has 0 aromatic heterocycles. The molecule has 0 bridgehead atoms. The van der Waals surface area contributed by atoms with Crippen molar-refractivity contribution in [2.24, 2.45) is 0 Å². The predicted molar refractivity (Wildman–Crippen MR) is 34.2 cm³/mol. The first-order chi connectivity index (χ1) is 4.73. The van der Waals surface area contributed by atoms with E-state index in [0.717, 1.165) is 6.92 Å². The standard InChI is InChI=1S/C5H6F6.Ba.2H/c1-2-3(6)4(7,8)5(9,10)11;;;/h3H,2H2,1H3;;;/q;+2;2*-1. The third-order valence-corrected chi connectivity index (χ3v) is 1.13. The Morgan fingerprint density at radius 1 is 1.17 bits per heavy atom. The molecular weight excluding hydrogens is 311 g/mol. The van der Waals surface area contributed by atoms with Gasteiger partial charge in [0.1, 0.15) is 0 Å². The summed E-state index contributed by atoms with van der Waals surface area (Å²) in [4.78, 5) is 0. The molecular formula is C5H8BaF6. The molecule has 72 valence electrons. The molecule has 0 rings (SSSR count). The largest absolute Gasteiger partial charge is 2.00 e. The van der Waals surface area contributed by atoms with E-state index >= 15 is 0 Å². The fourth-order valence-electron chi connectivity index (χ4n) is 0.434. The van der Waals surface area contributed by atoms with Gasteiger partial charge in [-0.3, -0.25) is 0 Å². The maximum Gasteiger partial charge on any atom is 2.00 e. The second-order valence-corrected chi connectivity index (χ2v) is 2.00. The van der Waals surface area contributed by atoms with E-state index in [2.05, 4.69) is 0 Å². The van der Waals surface area contributed by atoms with Gasteiger partial charge in [0.05, 0.1) is 0 Å². The van der Waals surface area contributed by atoms with E-state index in [4.69, 9.17) is 0 Å². The SMILES string of the molecule is CCC(F)C(F)(F)C(F)(F)F.[Ba+2].[H-].[H-]. The van der Waals surface area contributed by atoms with Gasteiger partial charge in [0.2, 0.25) is 0 Å². The summed E-state index contributed by atoms with van der Waals surface area (Å²) in [6, 6.07) is 0. The molecule has 0 aromatic rings. The zero-order valence-corrected chi connectivity index (χ0v) is 10.7. The van der Waals surface area contributed by atoms with Crippen molar-refractivity contribution >= 4 is 48.9 Å². The van der Waals surface area contributed by atoms with Crippen molar-refractivity contribution in [3.05, 3.63) is 0 Å². The smallest absolute Gasteiger partial charge is 1.00 e. The first kappa shape index (κ1) is 15.6. The van der Waals surface area contributed by atoms with E-state index in [9.17, 15) is 26.3 Å². The molecule has 0 aliphatic heterocycles. The molecule has 12 heavy (non-hydrogen) atoms. The van der Waals surface area contributed by atoms with Crippen molar-refractivity contribution in [2.75, 3.05) is 0 Å². The van der Waals surface area contributed by atoms with Gasteiger partial charge in [0.25, 0.3) is 0 Å². The molecule has 1 unspecified atom stereocenters. The normalized spacial score (nSPS) is 15.2. The van der Waals surface area contributed by atoms with Crippen LogP contribution in [0.25, 0.3) is 0 Å². The van der Waals surface area contributed by atoms with Crippen molar-refractivity contribution in [1.82, 2.24) is 0 Å². The molecule has 0 fully saturated rings. The first-order valence-corrected chi connectivity index (χ1v) is 2.82. The molecule has 0 nitrogen and oxygen atoms in total. The fourth-order valence-corrected chi connectivity index (χ4v) is 0.434. The molecule has 0 aliphatic rings. The van der Waals surface area contributed by atoms with Crippen LogP contribution in [0.1, 0.15) is 16.2 Å². The van der Waals surface area contributed by atoms with Crippen LogP contribution < -0.4 is 0 Å². The summed E-state index contributed by atoms with van der Waals surface area (Å²) in [5.41, 5.74) is 0. The van der Waals surface area contributed by atoms with Gasteiger partial charge in [-0.2, -0.15) is 22.0 Å². The van der Waals surface area contributed by atoms with Crippen molar-refractivity contribution in [1.29, 1.82) is 0 Å². The van der Waals surface area contributed by atoms with Crippen LogP contribution in [0.3, 0.4) is 0 Å². The van der Waals surface area contributed by atoms with Crippen LogP contribution >= 0.6 is 0 Å². The topological polar surface area (TPSA) is 0 Å². The van der Waals surface area contributed by atoms with Gasteiger partial charge in [0, 0.05) is 0 Å². The van der Waals surface area contributed by atoms with Gasteiger partial charge < -0.3 is 2.85 Å². The second-order valence-electron chi connectivity index (χ2n) is 2.00. The number of hydrogen-bond donors (Lipinski definition) is 0. The van der Waals surface area contributed by atoms with Crippen molar-refractivity contribution in [3.63, 3.8) is 0 Å². The summed E-state index contributed by atoms with van der Waals surface area (Å²) in [7, 11) is 0. The van der Waals surface area contributed by atoms with E-state index in [1.807, 2.05) is 0 Å². The minimum Gasteiger partial charge on any atom is -1.00 e. The molecule has 0 saturated heterocycles. The molecule has 0 radical (unpaired) electrons. The molecule has 0 spiro atoms. The predicted octanol–water partition coefficient (Wildman–Crippen LogP) is 2.78. The maximum atomic E-state index is 11.9. The van der Waals surface area contributed by atoms with Crippen LogP contribution in [0.2, 0.25) is 0 Å². The quantitative estimate of drug-likeness (QED) is 0.542. The molecule has 0 aromatic carbocycles. The minimum absolute atomic E-state index is 0. The summed E-state index contributed by atoms with van der Waals surface area (Å²) in [6.45, 7) is 0.921. The monoisotopic (exact) mass is 320 g/mol. The van der Waals surface area contributed by atoms with Crippen LogP contribution in [-0.2, 0) is 0 Å². The Hall–Kier alpha value is 1.15. The van der Waals surface area contributed by atoms with E-state index in [0.29, 0.717) is 0 Å². The molecule has 1 atom stereocenters. The molecule has 0 aliphatic carbocycles. The zero-order valence-electron chi connectivity index (χ0n) is 8.26. The summed E-state index contributed by atoms with van der Waals surface area (Å²) >= 11 is 0. The van der Waals surface area contributed by atoms with Crippen LogP contribution in [0.15, 0.2) is 0 Å². The van der Waals surface area contributed by atoms with E-state index < -0.39 is 24.7 Å². The Morgan fingerprint density at radius 3 is 1.58 bits per heavy atom. The number of rotatable bonds is 2. The summed E-state index contributed by atoms with van der Waals surface area (Å²) in [5.74, 6) is -5.22. The van der Waals surface area contributed by atoms with Gasteiger partial charge in [-0.1, -0.05) is 6.92 Å². The van der Waals surface area contributed by atoms with E-state index in [1.54, 1.807) is 0 Å². The van der Waals surface area contributed by atoms with Gasteiger partial charge >= 0.3 is 61.0 Å². The molecule has 0 saturated carbocycles. The fraction of sp³-hybridized carbons (Fsp3) is 1.00. The van der Waals surface area contributed by atoms with Crippen molar-refractivity contribution in [3.8, 4) is 0 Å². The third kappa shape index (κ3) is 3.49. The Bertz CT molecular complexity index is 139. The Kier molecular flexibility index (Phi) is 6.68. The Morgan fingerprint density at radius 2 is 1.50 bits per heavy atom. The number of alkyl halides is 6. The molecule has 0 N–H and O–H groups in total. The number of hydrogen-bond acceptors (Lipinski definition) is 0. The van der Waals surface area contributed by atoms with Gasteiger partial charge in [-0.15, -0.1) is 0 Å². The average Bonchev–Trinajstić information content (AvgIpc) is 1.83. The maximum absolute atomic E-state index is 11.9. The van der Waals surface area contributed by atoms with Gasteiger partial charge in [0.15, 0.2) is 6.17 Å². The van der Waals surface area contributed by atoms with Gasteiger partial charge in [-0.25, -0.2) is 4.39 Å². The second kappa shape index (κ2) is 5.14. The molecule has 0 heterocycles. The average molecular weight is 319 g/mol. The van der Waals surface area contributed by atoms with Crippen molar-refractivity contribution < 1.29 is 29.2 Å². The van der Waals surface area contributed by atoms with Crippen LogP contribution in [0.4, 0.5) is 26.3 Å². The van der Waals surface area contributed by atoms with E-state index in [-0.39, 0.29) is 51.7 Å². The van der Waals surface area contributed by atoms with Crippen LogP contribution in [0.5, 0.6) is 0 Å². The Labute approximate surface area is 109 Å².